The van der Waals surface area contributed by atoms with E-state index in [1.54, 1.807) is 29.2 Å². The maximum Gasteiger partial charge on any atom is 0.226 e. The Morgan fingerprint density at radius 2 is 2.32 bits per heavy atom. The van der Waals surface area contributed by atoms with Gasteiger partial charge in [-0.3, -0.25) is 9.48 Å². The third kappa shape index (κ3) is 3.72. The van der Waals surface area contributed by atoms with Gasteiger partial charge in [-0.1, -0.05) is 11.6 Å². The molecule has 1 aromatic heterocycles. The van der Waals surface area contributed by atoms with Crippen molar-refractivity contribution in [1.29, 1.82) is 0 Å². The van der Waals surface area contributed by atoms with Crippen LogP contribution in [0.25, 0.3) is 0 Å². The van der Waals surface area contributed by atoms with E-state index in [1.165, 1.54) is 0 Å². The molecule has 0 radical (unpaired) electrons. The van der Waals surface area contributed by atoms with E-state index in [9.17, 15) is 4.79 Å². The number of carbonyl (C=O) groups is 1. The Bertz CT molecular complexity index is 594. The molecule has 0 saturated carbocycles. The first-order valence-electron chi connectivity index (χ1n) is 5.88. The van der Waals surface area contributed by atoms with Gasteiger partial charge in [0.1, 0.15) is 0 Å². The van der Waals surface area contributed by atoms with E-state index in [0.717, 1.165) is 11.3 Å². The van der Waals surface area contributed by atoms with Crippen LogP contribution in [0.3, 0.4) is 0 Å². The van der Waals surface area contributed by atoms with Crippen LogP contribution in [0.15, 0.2) is 30.6 Å². The molecule has 1 aromatic carbocycles. The second kappa shape index (κ2) is 5.75. The molecule has 0 aliphatic rings. The van der Waals surface area contributed by atoms with Gasteiger partial charge in [-0.25, -0.2) is 0 Å². The summed E-state index contributed by atoms with van der Waals surface area (Å²) in [5, 5.41) is 7.42. The number of hydrogen-bond donors (Lipinski definition) is 2. The molecule has 0 aliphatic heterocycles. The lowest BCUT2D eigenvalue weighted by molar-refractivity contribution is -0.116. The fourth-order valence-corrected chi connectivity index (χ4v) is 1.87. The van der Waals surface area contributed by atoms with Crippen molar-refractivity contribution in [1.82, 2.24) is 9.78 Å². The number of nitrogen functional groups attached to an aromatic ring is 1. The number of carbonyl (C=O) groups excluding carboxylic acids is 1. The molecule has 0 aliphatic carbocycles. The molecule has 2 aromatic rings. The number of aryl methyl sites for hydroxylation is 2. The first-order valence-corrected chi connectivity index (χ1v) is 6.26. The predicted octanol–water partition coefficient (Wildman–Crippen LogP) is 2.46. The Hall–Kier alpha value is -2.01. The number of amides is 1. The fraction of sp³-hybridized carbons (Fsp3) is 0.231. The molecule has 6 heteroatoms. The number of nitrogens with zero attached hydrogens (tertiary/aromatic N) is 2. The molecule has 1 heterocycles. The summed E-state index contributed by atoms with van der Waals surface area (Å²) in [6.07, 6.45) is 3.56. The summed E-state index contributed by atoms with van der Waals surface area (Å²) < 4.78 is 1.64. The van der Waals surface area contributed by atoms with E-state index in [2.05, 4.69) is 10.4 Å². The molecule has 5 nitrogen and oxygen atoms in total. The van der Waals surface area contributed by atoms with Crippen molar-refractivity contribution in [3.8, 4) is 0 Å². The molecule has 3 N–H and O–H groups in total. The van der Waals surface area contributed by atoms with Gasteiger partial charge in [0.2, 0.25) is 5.91 Å². The van der Waals surface area contributed by atoms with Crippen LogP contribution in [-0.2, 0) is 11.3 Å². The van der Waals surface area contributed by atoms with Crippen LogP contribution in [0.4, 0.5) is 11.4 Å². The van der Waals surface area contributed by atoms with Crippen LogP contribution < -0.4 is 11.1 Å². The Morgan fingerprint density at radius 1 is 1.53 bits per heavy atom. The van der Waals surface area contributed by atoms with Crippen LogP contribution in [0.2, 0.25) is 5.02 Å². The van der Waals surface area contributed by atoms with E-state index in [1.807, 2.05) is 13.0 Å². The van der Waals surface area contributed by atoms with Crippen LogP contribution in [0.1, 0.15) is 12.0 Å². The van der Waals surface area contributed by atoms with Crippen LogP contribution in [-0.4, -0.2) is 15.7 Å². The van der Waals surface area contributed by atoms with Gasteiger partial charge < -0.3 is 11.1 Å². The van der Waals surface area contributed by atoms with Crippen molar-refractivity contribution in [3.05, 3.63) is 41.2 Å². The molecule has 1 amide bonds. The largest absolute Gasteiger partial charge is 0.399 e. The number of aromatic nitrogens is 2. The molecule has 100 valence electrons. The summed E-state index contributed by atoms with van der Waals surface area (Å²) in [6, 6.07) is 5.38. The minimum absolute atomic E-state index is 0.0699. The Morgan fingerprint density at radius 3 is 2.95 bits per heavy atom. The number of rotatable bonds is 4. The summed E-state index contributed by atoms with van der Waals surface area (Å²) in [6.45, 7) is 2.39. The van der Waals surface area contributed by atoms with E-state index in [4.69, 9.17) is 17.3 Å². The maximum absolute atomic E-state index is 11.8. The lowest BCUT2D eigenvalue weighted by Gasteiger charge is -2.09. The summed E-state index contributed by atoms with van der Waals surface area (Å²) in [5.74, 6) is -0.0699. The molecular weight excluding hydrogens is 264 g/mol. The third-order valence-corrected chi connectivity index (χ3v) is 2.89. The molecule has 19 heavy (non-hydrogen) atoms. The SMILES string of the molecule is Cc1cc(N)ccc1NC(=O)CCn1cc(Cl)cn1. The lowest BCUT2D eigenvalue weighted by atomic mass is 10.2. The average molecular weight is 279 g/mol. The molecular formula is C13H15ClN4O. The summed E-state index contributed by atoms with van der Waals surface area (Å²) >= 11 is 5.75. The topological polar surface area (TPSA) is 72.9 Å². The Kier molecular flexibility index (Phi) is 4.06. The predicted molar refractivity (Wildman–Crippen MR) is 76.1 cm³/mol. The maximum atomic E-state index is 11.8. The average Bonchev–Trinajstić information content (AvgIpc) is 2.76. The highest BCUT2D eigenvalue weighted by Gasteiger charge is 2.06. The van der Waals surface area contributed by atoms with Crippen molar-refractivity contribution in [3.63, 3.8) is 0 Å². The number of anilines is 2. The van der Waals surface area contributed by atoms with Gasteiger partial charge in [0, 0.05) is 30.5 Å². The fourth-order valence-electron chi connectivity index (χ4n) is 1.72. The molecule has 0 saturated heterocycles. The highest BCUT2D eigenvalue weighted by atomic mass is 35.5. The van der Waals surface area contributed by atoms with Gasteiger partial charge >= 0.3 is 0 Å². The van der Waals surface area contributed by atoms with Crippen molar-refractivity contribution in [2.24, 2.45) is 0 Å². The Labute approximate surface area is 116 Å². The molecule has 0 fully saturated rings. The summed E-state index contributed by atoms with van der Waals surface area (Å²) in [5.41, 5.74) is 8.06. The number of hydrogen-bond acceptors (Lipinski definition) is 3. The van der Waals surface area contributed by atoms with Gasteiger partial charge in [-0.05, 0) is 30.7 Å². The van der Waals surface area contributed by atoms with Gasteiger partial charge in [-0.2, -0.15) is 5.10 Å². The minimum Gasteiger partial charge on any atom is -0.399 e. The monoisotopic (exact) mass is 278 g/mol. The zero-order chi connectivity index (χ0) is 13.8. The van der Waals surface area contributed by atoms with E-state index >= 15 is 0 Å². The van der Waals surface area contributed by atoms with Crippen LogP contribution >= 0.6 is 11.6 Å². The number of benzene rings is 1. The molecule has 0 atom stereocenters. The van der Waals surface area contributed by atoms with Crippen molar-refractivity contribution >= 4 is 28.9 Å². The van der Waals surface area contributed by atoms with E-state index in [0.29, 0.717) is 23.7 Å². The Balaban J connectivity index is 1.90. The van der Waals surface area contributed by atoms with Crippen LogP contribution in [0, 0.1) is 6.92 Å². The minimum atomic E-state index is -0.0699. The number of halogens is 1. The highest BCUT2D eigenvalue weighted by molar-refractivity contribution is 6.30. The lowest BCUT2D eigenvalue weighted by Crippen LogP contribution is -2.15. The quantitative estimate of drug-likeness (QED) is 0.844. The standard InChI is InChI=1S/C13H15ClN4O/c1-9-6-11(15)2-3-12(9)17-13(19)4-5-18-8-10(14)7-16-18/h2-3,6-8H,4-5,15H2,1H3,(H,17,19). The van der Waals surface area contributed by atoms with Gasteiger partial charge in [0.15, 0.2) is 0 Å². The molecule has 0 spiro atoms. The van der Waals surface area contributed by atoms with Gasteiger partial charge in [-0.15, -0.1) is 0 Å². The van der Waals surface area contributed by atoms with E-state index in [-0.39, 0.29) is 5.91 Å². The van der Waals surface area contributed by atoms with Crippen molar-refractivity contribution < 1.29 is 4.79 Å². The molecule has 2 rings (SSSR count). The molecule has 0 bridgehead atoms. The zero-order valence-electron chi connectivity index (χ0n) is 10.6. The number of nitrogens with one attached hydrogen (secondary N) is 1. The van der Waals surface area contributed by atoms with Crippen molar-refractivity contribution in [2.45, 2.75) is 19.9 Å². The smallest absolute Gasteiger partial charge is 0.226 e. The second-order valence-corrected chi connectivity index (χ2v) is 4.73. The van der Waals surface area contributed by atoms with Crippen LogP contribution in [0.5, 0.6) is 0 Å². The second-order valence-electron chi connectivity index (χ2n) is 4.29. The highest BCUT2D eigenvalue weighted by Crippen LogP contribution is 2.17. The third-order valence-electron chi connectivity index (χ3n) is 2.69. The number of nitrogens with two attached hydrogens (primary N) is 1. The van der Waals surface area contributed by atoms with E-state index < -0.39 is 0 Å². The summed E-state index contributed by atoms with van der Waals surface area (Å²) in [4.78, 5) is 11.8. The van der Waals surface area contributed by atoms with Crippen molar-refractivity contribution in [2.75, 3.05) is 11.1 Å². The first kappa shape index (κ1) is 13.4. The van der Waals surface area contributed by atoms with Gasteiger partial charge in [0.25, 0.3) is 0 Å². The first-order chi connectivity index (χ1) is 9.04. The zero-order valence-corrected chi connectivity index (χ0v) is 11.3. The van der Waals surface area contributed by atoms with Gasteiger partial charge in [0.05, 0.1) is 11.2 Å². The normalized spacial score (nSPS) is 10.4. The molecule has 0 unspecified atom stereocenters. The summed E-state index contributed by atoms with van der Waals surface area (Å²) in [7, 11) is 0.